The lowest BCUT2D eigenvalue weighted by atomic mass is 10.1. The van der Waals surface area contributed by atoms with Crippen LogP contribution in [0.1, 0.15) is 11.6 Å². The van der Waals surface area contributed by atoms with Gasteiger partial charge in [-0.1, -0.05) is 29.8 Å². The van der Waals surface area contributed by atoms with Gasteiger partial charge in [-0.15, -0.1) is 0 Å². The molecule has 0 aliphatic rings. The van der Waals surface area contributed by atoms with Gasteiger partial charge >= 0.3 is 5.97 Å². The number of nitrogens with one attached hydrogen (secondary N) is 1. The molecule has 0 saturated carbocycles. The van der Waals surface area contributed by atoms with E-state index in [0.717, 1.165) is 0 Å². The zero-order valence-electron chi connectivity index (χ0n) is 10.8. The van der Waals surface area contributed by atoms with E-state index < -0.39 is 17.8 Å². The summed E-state index contributed by atoms with van der Waals surface area (Å²) in [5, 5.41) is 3.52. The molecule has 0 radical (unpaired) electrons. The van der Waals surface area contributed by atoms with Crippen LogP contribution in [0.15, 0.2) is 48.5 Å². The van der Waals surface area contributed by atoms with Crippen molar-refractivity contribution >= 4 is 23.3 Å². The lowest BCUT2D eigenvalue weighted by Crippen LogP contribution is -2.23. The first kappa shape index (κ1) is 14.3. The van der Waals surface area contributed by atoms with E-state index >= 15 is 0 Å². The van der Waals surface area contributed by atoms with Crippen molar-refractivity contribution < 1.29 is 13.9 Å². The van der Waals surface area contributed by atoms with Crippen LogP contribution in [-0.4, -0.2) is 13.1 Å². The van der Waals surface area contributed by atoms with Crippen molar-refractivity contribution in [3.63, 3.8) is 0 Å². The molecule has 1 unspecified atom stereocenters. The van der Waals surface area contributed by atoms with Gasteiger partial charge in [0.15, 0.2) is 6.04 Å². The average Bonchev–Trinajstić information content (AvgIpc) is 2.47. The monoisotopic (exact) mass is 293 g/mol. The minimum Gasteiger partial charge on any atom is -0.467 e. The van der Waals surface area contributed by atoms with E-state index in [9.17, 15) is 9.18 Å². The third-order valence-corrected chi connectivity index (χ3v) is 3.06. The van der Waals surface area contributed by atoms with Crippen molar-refractivity contribution in [3.8, 4) is 0 Å². The smallest absolute Gasteiger partial charge is 0.333 e. The Kier molecular flexibility index (Phi) is 4.58. The number of methoxy groups -OCH3 is 1. The fraction of sp³-hybridized carbons (Fsp3) is 0.133. The third-order valence-electron chi connectivity index (χ3n) is 2.81. The highest BCUT2D eigenvalue weighted by Crippen LogP contribution is 2.24. The highest BCUT2D eigenvalue weighted by molar-refractivity contribution is 6.30. The van der Waals surface area contributed by atoms with Gasteiger partial charge < -0.3 is 10.1 Å². The van der Waals surface area contributed by atoms with Gasteiger partial charge in [0, 0.05) is 16.3 Å². The van der Waals surface area contributed by atoms with E-state index in [2.05, 4.69) is 5.32 Å². The molecule has 1 atom stereocenters. The van der Waals surface area contributed by atoms with E-state index in [1.54, 1.807) is 42.5 Å². The number of anilines is 1. The summed E-state index contributed by atoms with van der Waals surface area (Å²) in [4.78, 5) is 11.9. The Hall–Kier alpha value is -2.07. The topological polar surface area (TPSA) is 38.3 Å². The van der Waals surface area contributed by atoms with Gasteiger partial charge in [-0.3, -0.25) is 0 Å². The number of carbonyl (C=O) groups excluding carboxylic acids is 1. The number of rotatable bonds is 4. The van der Waals surface area contributed by atoms with Crippen LogP contribution in [0.3, 0.4) is 0 Å². The summed E-state index contributed by atoms with van der Waals surface area (Å²) in [5.41, 5.74) is 0.877. The van der Waals surface area contributed by atoms with Gasteiger partial charge in [-0.05, 0) is 30.3 Å². The second-order valence-corrected chi connectivity index (χ2v) is 4.57. The lowest BCUT2D eigenvalue weighted by Gasteiger charge is -2.18. The van der Waals surface area contributed by atoms with Crippen molar-refractivity contribution in [2.24, 2.45) is 0 Å². The summed E-state index contributed by atoms with van der Waals surface area (Å²) in [6.45, 7) is 0. The van der Waals surface area contributed by atoms with Gasteiger partial charge in [0.2, 0.25) is 0 Å². The first-order valence-corrected chi connectivity index (χ1v) is 6.34. The standard InChI is InChI=1S/C15H13ClFNO2/c1-20-15(19)14(12-4-2-3-5-13(12)17)18-11-8-6-10(16)7-9-11/h2-9,14,18H,1H3. The van der Waals surface area contributed by atoms with Gasteiger partial charge in [-0.25, -0.2) is 9.18 Å². The van der Waals surface area contributed by atoms with Crippen LogP contribution in [0.4, 0.5) is 10.1 Å². The molecule has 0 fully saturated rings. The van der Waals surface area contributed by atoms with Gasteiger partial charge in [0.25, 0.3) is 0 Å². The molecule has 0 aliphatic carbocycles. The maximum absolute atomic E-state index is 13.8. The minimum absolute atomic E-state index is 0.231. The van der Waals surface area contributed by atoms with Crippen molar-refractivity contribution in [2.75, 3.05) is 12.4 Å². The maximum atomic E-state index is 13.8. The molecule has 20 heavy (non-hydrogen) atoms. The van der Waals surface area contributed by atoms with E-state index in [0.29, 0.717) is 10.7 Å². The predicted octanol–water partition coefficient (Wildman–Crippen LogP) is 3.81. The van der Waals surface area contributed by atoms with Gasteiger partial charge in [-0.2, -0.15) is 0 Å². The largest absolute Gasteiger partial charge is 0.467 e. The lowest BCUT2D eigenvalue weighted by molar-refractivity contribution is -0.141. The summed E-state index contributed by atoms with van der Waals surface area (Å²) in [7, 11) is 1.26. The molecule has 104 valence electrons. The van der Waals surface area contributed by atoms with Crippen molar-refractivity contribution in [1.82, 2.24) is 0 Å². The molecule has 2 aromatic carbocycles. The van der Waals surface area contributed by atoms with Crippen LogP contribution < -0.4 is 5.32 Å². The summed E-state index contributed by atoms with van der Waals surface area (Å²) in [6, 6.07) is 11.9. The van der Waals surface area contributed by atoms with Crippen LogP contribution in [-0.2, 0) is 9.53 Å². The highest BCUT2D eigenvalue weighted by atomic mass is 35.5. The molecular formula is C15H13ClFNO2. The average molecular weight is 294 g/mol. The maximum Gasteiger partial charge on any atom is 0.333 e. The van der Waals surface area contributed by atoms with Crippen molar-refractivity contribution in [1.29, 1.82) is 0 Å². The number of carbonyl (C=O) groups is 1. The van der Waals surface area contributed by atoms with Crippen LogP contribution in [0, 0.1) is 5.82 Å². The number of hydrogen-bond acceptors (Lipinski definition) is 3. The molecule has 0 aromatic heterocycles. The van der Waals surface area contributed by atoms with E-state index in [1.807, 2.05) is 0 Å². The number of hydrogen-bond donors (Lipinski definition) is 1. The van der Waals surface area contributed by atoms with E-state index in [1.165, 1.54) is 13.2 Å². The Morgan fingerprint density at radius 1 is 1.20 bits per heavy atom. The molecule has 5 heteroatoms. The molecule has 0 bridgehead atoms. The second kappa shape index (κ2) is 6.39. The van der Waals surface area contributed by atoms with Crippen LogP contribution >= 0.6 is 11.6 Å². The predicted molar refractivity (Wildman–Crippen MR) is 76.2 cm³/mol. The van der Waals surface area contributed by atoms with Gasteiger partial charge in [0.05, 0.1) is 7.11 Å². The Morgan fingerprint density at radius 2 is 1.85 bits per heavy atom. The quantitative estimate of drug-likeness (QED) is 0.871. The van der Waals surface area contributed by atoms with Gasteiger partial charge in [0.1, 0.15) is 5.82 Å². The zero-order valence-corrected chi connectivity index (χ0v) is 11.5. The highest BCUT2D eigenvalue weighted by Gasteiger charge is 2.24. The van der Waals surface area contributed by atoms with Crippen LogP contribution in [0.25, 0.3) is 0 Å². The number of benzene rings is 2. The Morgan fingerprint density at radius 3 is 2.45 bits per heavy atom. The molecule has 0 aliphatic heterocycles. The van der Waals surface area contributed by atoms with Crippen LogP contribution in [0.2, 0.25) is 5.02 Å². The summed E-state index contributed by atoms with van der Waals surface area (Å²) in [6.07, 6.45) is 0. The Bertz CT molecular complexity index is 601. The number of halogens is 2. The third kappa shape index (κ3) is 3.27. The zero-order chi connectivity index (χ0) is 14.5. The normalized spacial score (nSPS) is 11.8. The molecule has 1 N–H and O–H groups in total. The number of ether oxygens (including phenoxy) is 1. The molecule has 0 saturated heterocycles. The first-order valence-electron chi connectivity index (χ1n) is 5.96. The Balaban J connectivity index is 2.31. The van der Waals surface area contributed by atoms with E-state index in [-0.39, 0.29) is 5.56 Å². The Labute approximate surface area is 121 Å². The molecule has 0 spiro atoms. The first-order chi connectivity index (χ1) is 9.61. The molecule has 2 rings (SSSR count). The summed E-state index contributed by atoms with van der Waals surface area (Å²) >= 11 is 5.80. The molecule has 0 heterocycles. The molecule has 0 amide bonds. The molecule has 3 nitrogen and oxygen atoms in total. The van der Waals surface area contributed by atoms with Crippen molar-refractivity contribution in [2.45, 2.75) is 6.04 Å². The van der Waals surface area contributed by atoms with Crippen molar-refractivity contribution in [3.05, 3.63) is 64.9 Å². The fourth-order valence-corrected chi connectivity index (χ4v) is 1.93. The number of esters is 1. The summed E-state index contributed by atoms with van der Waals surface area (Å²) < 4.78 is 18.6. The SMILES string of the molecule is COC(=O)C(Nc1ccc(Cl)cc1)c1ccccc1F. The fourth-order valence-electron chi connectivity index (χ4n) is 1.80. The minimum atomic E-state index is -0.914. The van der Waals surface area contributed by atoms with Crippen LogP contribution in [0.5, 0.6) is 0 Å². The van der Waals surface area contributed by atoms with E-state index in [4.69, 9.17) is 16.3 Å². The molecular weight excluding hydrogens is 281 g/mol. The second-order valence-electron chi connectivity index (χ2n) is 4.13. The molecule has 2 aromatic rings. The summed E-state index contributed by atoms with van der Waals surface area (Å²) in [5.74, 6) is -1.03.